The van der Waals surface area contributed by atoms with E-state index < -0.39 is 11.5 Å². The van der Waals surface area contributed by atoms with Crippen molar-refractivity contribution in [1.82, 2.24) is 5.32 Å². The standard InChI is InChI=1S/C14H25NO4/c1-2-7-18-8-9-19-10-14(13(16)17,11-3-4-11)15-12-5-6-12/h11-12,15H,2-10H2,1H3,(H,16,17). The summed E-state index contributed by atoms with van der Waals surface area (Å²) in [4.78, 5) is 11.7. The first-order valence-corrected chi connectivity index (χ1v) is 7.35. The second-order valence-electron chi connectivity index (χ2n) is 5.63. The number of aliphatic carboxylic acids is 1. The van der Waals surface area contributed by atoms with Crippen LogP contribution in [-0.2, 0) is 14.3 Å². The van der Waals surface area contributed by atoms with E-state index in [4.69, 9.17) is 9.47 Å². The smallest absolute Gasteiger partial charge is 0.326 e. The normalized spacial score (nSPS) is 22.2. The third-order valence-electron chi connectivity index (χ3n) is 3.75. The van der Waals surface area contributed by atoms with Crippen LogP contribution in [0.15, 0.2) is 0 Å². The summed E-state index contributed by atoms with van der Waals surface area (Å²) in [7, 11) is 0. The van der Waals surface area contributed by atoms with Gasteiger partial charge in [-0.25, -0.2) is 0 Å². The summed E-state index contributed by atoms with van der Waals surface area (Å²) in [6.07, 6.45) is 5.14. The molecule has 2 fully saturated rings. The first-order chi connectivity index (χ1) is 9.19. The molecule has 110 valence electrons. The maximum atomic E-state index is 11.7. The van der Waals surface area contributed by atoms with Gasteiger partial charge in [0.25, 0.3) is 0 Å². The topological polar surface area (TPSA) is 67.8 Å². The average molecular weight is 271 g/mol. The third-order valence-corrected chi connectivity index (χ3v) is 3.75. The van der Waals surface area contributed by atoms with E-state index >= 15 is 0 Å². The largest absolute Gasteiger partial charge is 0.480 e. The molecule has 0 spiro atoms. The second kappa shape index (κ2) is 6.68. The zero-order valence-corrected chi connectivity index (χ0v) is 11.7. The minimum atomic E-state index is -0.869. The molecule has 0 aromatic heterocycles. The van der Waals surface area contributed by atoms with Crippen LogP contribution in [0.4, 0.5) is 0 Å². The van der Waals surface area contributed by atoms with Crippen molar-refractivity contribution < 1.29 is 19.4 Å². The fourth-order valence-electron chi connectivity index (χ4n) is 2.34. The fraction of sp³-hybridized carbons (Fsp3) is 0.929. The van der Waals surface area contributed by atoms with E-state index in [1.807, 2.05) is 0 Å². The molecule has 2 aliphatic rings. The van der Waals surface area contributed by atoms with E-state index in [2.05, 4.69) is 12.2 Å². The van der Waals surface area contributed by atoms with E-state index in [1.165, 1.54) is 0 Å². The van der Waals surface area contributed by atoms with Gasteiger partial charge in [0.1, 0.15) is 5.54 Å². The molecule has 0 radical (unpaired) electrons. The van der Waals surface area contributed by atoms with Crippen molar-refractivity contribution in [3.63, 3.8) is 0 Å². The van der Waals surface area contributed by atoms with Gasteiger partial charge in [0.15, 0.2) is 0 Å². The minimum Gasteiger partial charge on any atom is -0.480 e. The highest BCUT2D eigenvalue weighted by Crippen LogP contribution is 2.42. The van der Waals surface area contributed by atoms with Gasteiger partial charge in [-0.15, -0.1) is 0 Å². The number of ether oxygens (including phenoxy) is 2. The number of carboxylic acids is 1. The molecule has 2 N–H and O–H groups in total. The van der Waals surface area contributed by atoms with E-state index in [1.54, 1.807) is 0 Å². The highest BCUT2D eigenvalue weighted by atomic mass is 16.5. The van der Waals surface area contributed by atoms with Gasteiger partial charge in [0.2, 0.25) is 0 Å². The van der Waals surface area contributed by atoms with E-state index in [0.717, 1.165) is 38.7 Å². The van der Waals surface area contributed by atoms with Crippen molar-refractivity contribution in [1.29, 1.82) is 0 Å². The predicted molar refractivity (Wildman–Crippen MR) is 71.2 cm³/mol. The van der Waals surface area contributed by atoms with Crippen molar-refractivity contribution in [3.05, 3.63) is 0 Å². The Morgan fingerprint density at radius 1 is 1.21 bits per heavy atom. The third kappa shape index (κ3) is 4.16. The maximum Gasteiger partial charge on any atom is 0.326 e. The van der Waals surface area contributed by atoms with Crippen LogP contribution in [0.2, 0.25) is 0 Å². The molecule has 2 saturated carbocycles. The van der Waals surface area contributed by atoms with Crippen LogP contribution >= 0.6 is 0 Å². The van der Waals surface area contributed by atoms with Gasteiger partial charge in [0.05, 0.1) is 19.8 Å². The van der Waals surface area contributed by atoms with Crippen LogP contribution < -0.4 is 5.32 Å². The Hall–Kier alpha value is -0.650. The lowest BCUT2D eigenvalue weighted by Crippen LogP contribution is -2.58. The molecular formula is C14H25NO4. The SMILES string of the molecule is CCCOCCOCC(NC1CC1)(C(=O)O)C1CC1. The van der Waals surface area contributed by atoms with Gasteiger partial charge in [-0.2, -0.15) is 0 Å². The molecule has 19 heavy (non-hydrogen) atoms. The van der Waals surface area contributed by atoms with Gasteiger partial charge in [-0.1, -0.05) is 6.92 Å². The molecule has 0 heterocycles. The predicted octanol–water partition coefficient (Wildman–Crippen LogP) is 1.41. The first-order valence-electron chi connectivity index (χ1n) is 7.35. The Balaban J connectivity index is 1.77. The molecular weight excluding hydrogens is 246 g/mol. The molecule has 5 nitrogen and oxygen atoms in total. The highest BCUT2D eigenvalue weighted by Gasteiger charge is 2.53. The maximum absolute atomic E-state index is 11.7. The van der Waals surface area contributed by atoms with Crippen LogP contribution in [0, 0.1) is 5.92 Å². The van der Waals surface area contributed by atoms with Crippen LogP contribution in [-0.4, -0.2) is 49.1 Å². The summed E-state index contributed by atoms with van der Waals surface area (Å²) in [5.41, 5.74) is -0.869. The quantitative estimate of drug-likeness (QED) is 0.556. The Morgan fingerprint density at radius 2 is 1.89 bits per heavy atom. The lowest BCUT2D eigenvalue weighted by molar-refractivity contribution is -0.149. The van der Waals surface area contributed by atoms with Gasteiger partial charge in [-0.3, -0.25) is 10.1 Å². The summed E-state index contributed by atoms with van der Waals surface area (Å²) in [5.74, 6) is -0.543. The summed E-state index contributed by atoms with van der Waals surface area (Å²) in [6, 6.07) is 0.372. The number of carboxylic acid groups (broad SMARTS) is 1. The number of nitrogens with one attached hydrogen (secondary N) is 1. The Labute approximate surface area is 114 Å². The van der Waals surface area contributed by atoms with Crippen LogP contribution in [0.25, 0.3) is 0 Å². The van der Waals surface area contributed by atoms with Gasteiger partial charge < -0.3 is 14.6 Å². The van der Waals surface area contributed by atoms with E-state index in [0.29, 0.717) is 19.3 Å². The lowest BCUT2D eigenvalue weighted by Gasteiger charge is -2.30. The Morgan fingerprint density at radius 3 is 2.42 bits per heavy atom. The molecule has 0 aromatic carbocycles. The van der Waals surface area contributed by atoms with E-state index in [-0.39, 0.29) is 12.5 Å². The number of hydrogen-bond acceptors (Lipinski definition) is 4. The number of carbonyl (C=O) groups is 1. The van der Waals surface area contributed by atoms with Crippen molar-refractivity contribution in [3.8, 4) is 0 Å². The number of hydrogen-bond donors (Lipinski definition) is 2. The summed E-state index contributed by atoms with van der Waals surface area (Å²) in [5, 5.41) is 12.9. The average Bonchev–Trinajstić information content (AvgIpc) is 3.25. The van der Waals surface area contributed by atoms with Crippen LogP contribution in [0.3, 0.4) is 0 Å². The first kappa shape index (κ1) is 14.8. The fourth-order valence-corrected chi connectivity index (χ4v) is 2.34. The summed E-state index contributed by atoms with van der Waals surface area (Å²) < 4.78 is 10.9. The minimum absolute atomic E-state index is 0.224. The summed E-state index contributed by atoms with van der Waals surface area (Å²) >= 11 is 0. The van der Waals surface area contributed by atoms with Crippen molar-refractivity contribution in [2.24, 2.45) is 5.92 Å². The van der Waals surface area contributed by atoms with Crippen molar-refractivity contribution in [2.75, 3.05) is 26.4 Å². The molecule has 0 aliphatic heterocycles. The van der Waals surface area contributed by atoms with Gasteiger partial charge in [-0.05, 0) is 38.0 Å². The van der Waals surface area contributed by atoms with Crippen molar-refractivity contribution in [2.45, 2.75) is 50.6 Å². The van der Waals surface area contributed by atoms with Gasteiger partial charge >= 0.3 is 5.97 Å². The Kier molecular flexibility index (Phi) is 5.19. The Bertz CT molecular complexity index is 302. The zero-order valence-electron chi connectivity index (χ0n) is 11.7. The molecule has 5 heteroatoms. The monoisotopic (exact) mass is 271 g/mol. The van der Waals surface area contributed by atoms with Crippen molar-refractivity contribution >= 4 is 5.97 Å². The molecule has 0 bridgehead atoms. The van der Waals surface area contributed by atoms with Crippen LogP contribution in [0.5, 0.6) is 0 Å². The second-order valence-corrected chi connectivity index (χ2v) is 5.63. The lowest BCUT2D eigenvalue weighted by atomic mass is 9.94. The zero-order chi connectivity index (χ0) is 13.7. The molecule has 0 amide bonds. The highest BCUT2D eigenvalue weighted by molar-refractivity contribution is 5.80. The van der Waals surface area contributed by atoms with Crippen LogP contribution in [0.1, 0.15) is 39.0 Å². The molecule has 0 saturated heterocycles. The molecule has 1 unspecified atom stereocenters. The number of rotatable bonds is 11. The molecule has 1 atom stereocenters. The van der Waals surface area contributed by atoms with E-state index in [9.17, 15) is 9.90 Å². The van der Waals surface area contributed by atoms with Gasteiger partial charge in [0, 0.05) is 12.6 Å². The molecule has 0 aromatic rings. The molecule has 2 rings (SSSR count). The molecule has 2 aliphatic carbocycles. The summed E-state index contributed by atoms with van der Waals surface area (Å²) in [6.45, 7) is 4.05.